The Kier molecular flexibility index (Phi) is 5.39. The van der Waals surface area contributed by atoms with Gasteiger partial charge in [-0.3, -0.25) is 4.79 Å². The molecule has 0 N–H and O–H groups in total. The fourth-order valence-electron chi connectivity index (χ4n) is 3.57. The third-order valence-corrected chi connectivity index (χ3v) is 5.83. The van der Waals surface area contributed by atoms with Gasteiger partial charge in [-0.05, 0) is 56.9 Å². The molecule has 0 saturated heterocycles. The lowest BCUT2D eigenvalue weighted by Crippen LogP contribution is -2.26. The first kappa shape index (κ1) is 20.2. The number of pyridine rings is 1. The van der Waals surface area contributed by atoms with Crippen molar-refractivity contribution >= 4 is 28.8 Å². The highest BCUT2D eigenvalue weighted by Crippen LogP contribution is 2.31. The molecule has 154 valence electrons. The number of furan rings is 1. The summed E-state index contributed by atoms with van der Waals surface area (Å²) in [6.45, 7) is 6.08. The number of hydrogen-bond acceptors (Lipinski definition) is 6. The molecule has 3 heterocycles. The first-order valence-corrected chi connectivity index (χ1v) is 10.8. The maximum atomic E-state index is 13.4. The van der Waals surface area contributed by atoms with Crippen LogP contribution in [0.2, 0.25) is 0 Å². The zero-order valence-corrected chi connectivity index (χ0v) is 18.5. The predicted octanol–water partition coefficient (Wildman–Crippen LogP) is 5.40. The lowest BCUT2D eigenvalue weighted by atomic mass is 10.0. The molecule has 4 aromatic rings. The Morgan fingerprint density at radius 1 is 1.13 bits per heavy atom. The smallest absolute Gasteiger partial charge is 0.259 e. The molecule has 0 spiro atoms. The number of benzene rings is 1. The van der Waals surface area contributed by atoms with E-state index in [0.717, 1.165) is 22.6 Å². The molecule has 4 rings (SSSR count). The van der Waals surface area contributed by atoms with Crippen LogP contribution >= 0.6 is 11.8 Å². The molecule has 1 amide bonds. The van der Waals surface area contributed by atoms with Crippen LogP contribution in [-0.2, 0) is 6.54 Å². The number of rotatable bonds is 5. The molecule has 7 heteroatoms. The Balaban J connectivity index is 1.73. The summed E-state index contributed by atoms with van der Waals surface area (Å²) in [6.07, 6.45) is 2.04. The molecule has 0 aliphatic rings. The summed E-state index contributed by atoms with van der Waals surface area (Å²) in [5, 5.41) is 4.67. The largest absolute Gasteiger partial charge is 0.466 e. The van der Waals surface area contributed by atoms with Gasteiger partial charge in [0.05, 0.1) is 22.3 Å². The number of carbonyl (C=O) groups is 1. The first-order chi connectivity index (χ1) is 14.4. The van der Waals surface area contributed by atoms with Gasteiger partial charge in [0.1, 0.15) is 11.5 Å². The van der Waals surface area contributed by atoms with Gasteiger partial charge in [0.15, 0.2) is 0 Å². The second-order valence-electron chi connectivity index (χ2n) is 7.34. The quantitative estimate of drug-likeness (QED) is 0.402. The Morgan fingerprint density at radius 3 is 2.50 bits per heavy atom. The highest BCUT2D eigenvalue weighted by molar-refractivity contribution is 7.98. The summed E-state index contributed by atoms with van der Waals surface area (Å²) in [4.78, 5) is 20.9. The van der Waals surface area contributed by atoms with Crippen LogP contribution in [0.4, 0.5) is 0 Å². The zero-order chi connectivity index (χ0) is 21.4. The van der Waals surface area contributed by atoms with Gasteiger partial charge in [-0.1, -0.05) is 17.3 Å². The highest BCUT2D eigenvalue weighted by Gasteiger charge is 2.23. The standard InChI is InChI=1S/C23H23N3O3S/c1-13-10-18(15(3)28-13)20-11-19(21-14(2)25-29-22(21)24-20)23(27)26(4)12-16-6-8-17(30-5)9-7-16/h6-11H,12H2,1-5H3. The van der Waals surface area contributed by atoms with E-state index >= 15 is 0 Å². The predicted molar refractivity (Wildman–Crippen MR) is 118 cm³/mol. The second kappa shape index (κ2) is 7.99. The highest BCUT2D eigenvalue weighted by atomic mass is 32.2. The summed E-state index contributed by atoms with van der Waals surface area (Å²) in [5.41, 5.74) is 4.06. The maximum absolute atomic E-state index is 13.4. The molecular weight excluding hydrogens is 398 g/mol. The molecule has 0 unspecified atom stereocenters. The minimum absolute atomic E-state index is 0.109. The van der Waals surface area contributed by atoms with Gasteiger partial charge in [-0.2, -0.15) is 0 Å². The van der Waals surface area contributed by atoms with Gasteiger partial charge in [-0.25, -0.2) is 4.98 Å². The molecule has 6 nitrogen and oxygen atoms in total. The fraction of sp³-hybridized carbons (Fsp3) is 0.261. The van der Waals surface area contributed by atoms with Crippen LogP contribution in [0.25, 0.3) is 22.4 Å². The summed E-state index contributed by atoms with van der Waals surface area (Å²) >= 11 is 1.69. The normalized spacial score (nSPS) is 11.2. The summed E-state index contributed by atoms with van der Waals surface area (Å²) < 4.78 is 11.1. The zero-order valence-electron chi connectivity index (χ0n) is 17.6. The Morgan fingerprint density at radius 2 is 1.87 bits per heavy atom. The van der Waals surface area contributed by atoms with Gasteiger partial charge in [0.2, 0.25) is 0 Å². The number of aromatic nitrogens is 2. The number of fused-ring (bicyclic) bond motifs is 1. The molecule has 0 aliphatic heterocycles. The van der Waals surface area contributed by atoms with Crippen LogP contribution in [0.15, 0.2) is 50.2 Å². The van der Waals surface area contributed by atoms with Gasteiger partial charge < -0.3 is 13.8 Å². The molecule has 0 saturated carbocycles. The lowest BCUT2D eigenvalue weighted by Gasteiger charge is -2.18. The monoisotopic (exact) mass is 421 g/mol. The first-order valence-electron chi connectivity index (χ1n) is 9.60. The van der Waals surface area contributed by atoms with Crippen molar-refractivity contribution in [3.8, 4) is 11.3 Å². The molecule has 1 aromatic carbocycles. The SMILES string of the molecule is CSc1ccc(CN(C)C(=O)c2cc(-c3cc(C)oc3C)nc3onc(C)c23)cc1. The number of carbonyl (C=O) groups excluding carboxylic acids is 1. The third-order valence-electron chi connectivity index (χ3n) is 5.09. The van der Waals surface area contributed by atoms with E-state index in [-0.39, 0.29) is 5.91 Å². The van der Waals surface area contributed by atoms with Gasteiger partial charge >= 0.3 is 0 Å². The Labute approximate surface area is 179 Å². The fourth-order valence-corrected chi connectivity index (χ4v) is 3.98. The van der Waals surface area contributed by atoms with Crippen molar-refractivity contribution in [2.75, 3.05) is 13.3 Å². The topological polar surface area (TPSA) is 72.4 Å². The molecule has 0 atom stereocenters. The molecule has 0 aliphatic carbocycles. The Bertz CT molecular complexity index is 1220. The Hall–Kier alpha value is -3.06. The van der Waals surface area contributed by atoms with Crippen LogP contribution < -0.4 is 0 Å². The molecular formula is C23H23N3O3S. The minimum atomic E-state index is -0.109. The van der Waals surface area contributed by atoms with Crippen molar-refractivity contribution in [1.29, 1.82) is 0 Å². The van der Waals surface area contributed by atoms with Crippen molar-refractivity contribution in [2.45, 2.75) is 32.2 Å². The third kappa shape index (κ3) is 3.73. The van der Waals surface area contributed by atoms with E-state index in [2.05, 4.69) is 22.3 Å². The molecule has 0 fully saturated rings. The average Bonchev–Trinajstić information content (AvgIpc) is 3.28. The lowest BCUT2D eigenvalue weighted by molar-refractivity contribution is 0.0787. The van der Waals surface area contributed by atoms with Crippen molar-refractivity contribution in [3.63, 3.8) is 0 Å². The van der Waals surface area contributed by atoms with Gasteiger partial charge in [0.25, 0.3) is 11.6 Å². The van der Waals surface area contributed by atoms with E-state index in [1.807, 2.05) is 45.2 Å². The number of thioether (sulfide) groups is 1. The van der Waals surface area contributed by atoms with Crippen LogP contribution in [0, 0.1) is 20.8 Å². The van der Waals surface area contributed by atoms with Crippen LogP contribution in [0.1, 0.15) is 33.1 Å². The van der Waals surface area contributed by atoms with E-state index in [4.69, 9.17) is 8.94 Å². The summed E-state index contributed by atoms with van der Waals surface area (Å²) in [7, 11) is 1.80. The summed E-state index contributed by atoms with van der Waals surface area (Å²) in [6, 6.07) is 11.9. The maximum Gasteiger partial charge on any atom is 0.259 e. The van der Waals surface area contributed by atoms with Crippen LogP contribution in [0.5, 0.6) is 0 Å². The molecule has 30 heavy (non-hydrogen) atoms. The van der Waals surface area contributed by atoms with Crippen molar-refractivity contribution in [2.24, 2.45) is 0 Å². The average molecular weight is 422 g/mol. The number of hydrogen-bond donors (Lipinski definition) is 0. The van der Waals surface area contributed by atoms with E-state index in [0.29, 0.717) is 34.6 Å². The number of nitrogens with zero attached hydrogens (tertiary/aromatic N) is 3. The molecule has 0 radical (unpaired) electrons. The van der Waals surface area contributed by atoms with Crippen molar-refractivity contribution in [1.82, 2.24) is 15.0 Å². The molecule has 0 bridgehead atoms. The summed E-state index contributed by atoms with van der Waals surface area (Å²) in [5.74, 6) is 1.43. The van der Waals surface area contributed by atoms with Crippen molar-refractivity contribution in [3.05, 3.63) is 64.7 Å². The van der Waals surface area contributed by atoms with Gasteiger partial charge in [0, 0.05) is 24.1 Å². The molecule has 3 aromatic heterocycles. The van der Waals surface area contributed by atoms with E-state index < -0.39 is 0 Å². The van der Waals surface area contributed by atoms with Crippen LogP contribution in [-0.4, -0.2) is 34.3 Å². The van der Waals surface area contributed by atoms with E-state index in [1.165, 1.54) is 4.90 Å². The van der Waals surface area contributed by atoms with Gasteiger partial charge in [-0.15, -0.1) is 11.8 Å². The van der Waals surface area contributed by atoms with Crippen LogP contribution in [0.3, 0.4) is 0 Å². The second-order valence-corrected chi connectivity index (χ2v) is 8.22. The van der Waals surface area contributed by atoms with Crippen molar-refractivity contribution < 1.29 is 13.7 Å². The van der Waals surface area contributed by atoms with E-state index in [1.54, 1.807) is 29.8 Å². The number of amides is 1. The van der Waals surface area contributed by atoms with E-state index in [9.17, 15) is 4.79 Å². The minimum Gasteiger partial charge on any atom is -0.466 e. The number of aryl methyl sites for hydroxylation is 3.